The number of pyridine rings is 2. The minimum Gasteiger partial charge on any atom is -0.455 e. The molecule has 1 atom stereocenters. The zero-order valence-electron chi connectivity index (χ0n) is 41.6. The van der Waals surface area contributed by atoms with Crippen LogP contribution in [0.25, 0.3) is 11.0 Å². The zero-order valence-corrected chi connectivity index (χ0v) is 42.4. The molecule has 0 radical (unpaired) electrons. The summed E-state index contributed by atoms with van der Waals surface area (Å²) in [5.74, 6) is -1.19. The summed E-state index contributed by atoms with van der Waals surface area (Å²) in [7, 11) is -4.72. The van der Waals surface area contributed by atoms with Crippen LogP contribution < -0.4 is 19.7 Å². The second kappa shape index (κ2) is 20.4. The lowest BCUT2D eigenvalue weighted by Crippen LogP contribution is -2.60. The van der Waals surface area contributed by atoms with Crippen LogP contribution in [0.2, 0.25) is 0 Å². The van der Waals surface area contributed by atoms with Gasteiger partial charge in [-0.25, -0.2) is 22.5 Å². The molecule has 10 rings (SSSR count). The summed E-state index contributed by atoms with van der Waals surface area (Å²) in [5, 5.41) is 26.4. The van der Waals surface area contributed by atoms with Crippen LogP contribution in [-0.4, -0.2) is 100 Å². The molecule has 4 aliphatic rings. The molecule has 1 spiro atoms. The van der Waals surface area contributed by atoms with Gasteiger partial charge in [-0.1, -0.05) is 38.1 Å². The number of nitro groups is 1. The number of nitrogens with one attached hydrogen (secondary N) is 3. The lowest BCUT2D eigenvalue weighted by molar-refractivity contribution is -0.384. The van der Waals surface area contributed by atoms with Crippen molar-refractivity contribution >= 4 is 44.0 Å². The molecule has 3 aromatic carbocycles. The average Bonchev–Trinajstić information content (AvgIpc) is 3.84. The van der Waals surface area contributed by atoms with Gasteiger partial charge in [0.25, 0.3) is 21.6 Å². The minimum atomic E-state index is -4.72. The molecule has 5 heterocycles. The number of H-pyrrole nitrogens is 1. The maximum atomic E-state index is 16.6. The number of aromatic nitrogens is 3. The van der Waals surface area contributed by atoms with Crippen molar-refractivity contribution in [1.29, 1.82) is 0 Å². The molecule has 18 heteroatoms. The summed E-state index contributed by atoms with van der Waals surface area (Å²) in [4.78, 5) is 44.0. The van der Waals surface area contributed by atoms with Gasteiger partial charge in [-0.3, -0.25) is 29.7 Å². The fourth-order valence-electron chi connectivity index (χ4n) is 11.7. The maximum Gasteiger partial charge on any atom is 0.293 e. The van der Waals surface area contributed by atoms with Gasteiger partial charge in [0, 0.05) is 94.0 Å². The summed E-state index contributed by atoms with van der Waals surface area (Å²) < 4.78 is 52.5. The van der Waals surface area contributed by atoms with Crippen LogP contribution in [0, 0.1) is 27.3 Å². The van der Waals surface area contributed by atoms with Crippen LogP contribution >= 0.6 is 0 Å². The fourth-order valence-corrected chi connectivity index (χ4v) is 12.7. The molecule has 2 aliphatic carbocycles. The molecule has 1 amide bonds. The number of halogens is 1. The van der Waals surface area contributed by atoms with Crippen LogP contribution in [-0.2, 0) is 16.6 Å². The first-order valence-corrected chi connectivity index (χ1v) is 27.0. The summed E-state index contributed by atoms with van der Waals surface area (Å²) in [5.41, 5.74) is 3.50. The number of fused-ring (bicyclic) bond motifs is 1. The van der Waals surface area contributed by atoms with Crippen LogP contribution in [0.15, 0.2) is 109 Å². The second-order valence-electron chi connectivity index (χ2n) is 21.4. The summed E-state index contributed by atoms with van der Waals surface area (Å²) in [6.07, 6.45) is 13.4. The Hall–Kier alpha value is -6.47. The lowest BCUT2D eigenvalue weighted by Gasteiger charge is -2.58. The van der Waals surface area contributed by atoms with Crippen molar-refractivity contribution in [3.8, 4) is 11.5 Å². The van der Waals surface area contributed by atoms with E-state index in [-0.39, 0.29) is 45.8 Å². The molecule has 4 N–H and O–H groups in total. The number of piperazine rings is 1. The molecule has 0 bridgehead atoms. The first kappa shape index (κ1) is 50.1. The third-order valence-electron chi connectivity index (χ3n) is 16.0. The van der Waals surface area contributed by atoms with E-state index in [1.807, 2.05) is 22.0 Å². The van der Waals surface area contributed by atoms with E-state index in [1.54, 1.807) is 25.3 Å². The standard InChI is InChI=1S/C55H64FN9O7S/c1-36(2)43-6-4-5-7-44(43)50-35-62(34-38-12-19-57-20-13-38)24-25-64(50)40-30-55(31-40)17-22-63(23-18-55)48-29-51(72-41-26-39-14-21-58-52(39)60-33-41)45(28-46(48)56)53(66)61-73(70,71)42-8-9-47(49(27-42)65(68)69)59-32-37-10-15-54(3,67)16-11-37/h4-9,12-14,19-21,26-29,33,36-37,40,50,59,67H,10-11,15-18,22-25,30-32,34-35H2,1-3H3,(H,58,60)(H,61,66)/t37?,50-,54?/m0/s1. The van der Waals surface area contributed by atoms with Gasteiger partial charge in [0.1, 0.15) is 28.7 Å². The normalized spacial score (nSPS) is 21.8. The molecule has 384 valence electrons. The molecule has 3 aromatic heterocycles. The third-order valence-corrected chi connectivity index (χ3v) is 17.3. The first-order valence-electron chi connectivity index (χ1n) is 25.5. The average molecular weight is 1010 g/mol. The largest absolute Gasteiger partial charge is 0.455 e. The maximum absolute atomic E-state index is 16.6. The number of hydrogen-bond donors (Lipinski definition) is 4. The summed E-state index contributed by atoms with van der Waals surface area (Å²) in [6, 6.07) is 23.1. The summed E-state index contributed by atoms with van der Waals surface area (Å²) >= 11 is 0. The molecule has 6 aromatic rings. The quantitative estimate of drug-likeness (QED) is 0.0561. The minimum absolute atomic E-state index is 0.0877. The Kier molecular flexibility index (Phi) is 14.0. The number of sulfonamides is 1. The van der Waals surface area contributed by atoms with Crippen LogP contribution in [0.4, 0.5) is 21.5 Å². The number of aromatic amines is 1. The number of aliphatic hydroxyl groups is 1. The van der Waals surface area contributed by atoms with E-state index < -0.39 is 42.9 Å². The number of carbonyl (C=O) groups is 1. The number of ether oxygens (including phenoxy) is 1. The number of rotatable bonds is 15. The number of carbonyl (C=O) groups excluding carboxylic acids is 1. The Labute approximate surface area is 425 Å². The predicted octanol–water partition coefficient (Wildman–Crippen LogP) is 9.70. The van der Waals surface area contributed by atoms with Gasteiger partial charge in [0.05, 0.1) is 32.9 Å². The number of anilines is 2. The molecule has 0 unspecified atom stereocenters. The van der Waals surface area contributed by atoms with Gasteiger partial charge in [0.2, 0.25) is 0 Å². The SMILES string of the molecule is CC(C)c1ccccc1[C@@H]1CN(Cc2ccncc2)CCN1C1CC2(CCN(c3cc(Oc4cnc5[nH]ccc5c4)c(C(=O)NS(=O)(=O)c4ccc(NCC5CCC(C)(O)CC5)c([N+](=O)[O-])c4)cc3F)CC2)C1. The zero-order chi connectivity index (χ0) is 51.1. The van der Waals surface area contributed by atoms with Crippen LogP contribution in [0.3, 0.4) is 0 Å². The van der Waals surface area contributed by atoms with Gasteiger partial charge in [0.15, 0.2) is 0 Å². The first-order chi connectivity index (χ1) is 35.0. The monoisotopic (exact) mass is 1010 g/mol. The van der Waals surface area contributed by atoms with Gasteiger partial charge >= 0.3 is 0 Å². The smallest absolute Gasteiger partial charge is 0.293 e. The van der Waals surface area contributed by atoms with Crippen molar-refractivity contribution in [2.75, 3.05) is 49.5 Å². The molecule has 73 heavy (non-hydrogen) atoms. The van der Waals surface area contributed by atoms with Crippen molar-refractivity contribution in [1.82, 2.24) is 29.5 Å². The van der Waals surface area contributed by atoms with E-state index in [4.69, 9.17) is 4.74 Å². The van der Waals surface area contributed by atoms with Crippen molar-refractivity contribution in [2.45, 2.75) is 107 Å². The molecular weight excluding hydrogens is 950 g/mol. The number of nitrogens with zero attached hydrogens (tertiary/aromatic N) is 6. The molecule has 2 saturated heterocycles. The Morgan fingerprint density at radius 2 is 1.74 bits per heavy atom. The number of benzene rings is 3. The Bertz CT molecular complexity index is 3090. The molecular formula is C55H64FN9O7S. The highest BCUT2D eigenvalue weighted by atomic mass is 32.2. The third kappa shape index (κ3) is 10.9. The second-order valence-corrected chi connectivity index (χ2v) is 23.0. The molecule has 2 aliphatic heterocycles. The van der Waals surface area contributed by atoms with Crippen LogP contribution in [0.5, 0.6) is 11.5 Å². The predicted molar refractivity (Wildman–Crippen MR) is 278 cm³/mol. The Morgan fingerprint density at radius 1 is 0.986 bits per heavy atom. The molecule has 2 saturated carbocycles. The van der Waals surface area contributed by atoms with E-state index in [0.717, 1.165) is 82.2 Å². The van der Waals surface area contributed by atoms with Crippen molar-refractivity contribution in [3.63, 3.8) is 0 Å². The number of piperidine rings is 1. The molecule has 4 fully saturated rings. The summed E-state index contributed by atoms with van der Waals surface area (Å²) in [6.45, 7) is 11.6. The number of nitro benzene ring substituents is 1. The van der Waals surface area contributed by atoms with E-state index in [1.165, 1.54) is 41.1 Å². The van der Waals surface area contributed by atoms with Gasteiger partial charge in [-0.2, -0.15) is 0 Å². The highest BCUT2D eigenvalue weighted by Gasteiger charge is 2.50. The number of amides is 1. The number of hydrogen-bond acceptors (Lipinski definition) is 13. The van der Waals surface area contributed by atoms with E-state index >= 15 is 4.39 Å². The molecule has 16 nitrogen and oxygen atoms in total. The van der Waals surface area contributed by atoms with E-state index in [9.17, 15) is 28.4 Å². The Balaban J connectivity index is 0.848. The van der Waals surface area contributed by atoms with Gasteiger partial charge in [-0.05, 0) is 135 Å². The van der Waals surface area contributed by atoms with Gasteiger partial charge in [-0.15, -0.1) is 0 Å². The van der Waals surface area contributed by atoms with E-state index in [0.29, 0.717) is 50.1 Å². The topological polar surface area (TPSA) is 199 Å². The lowest BCUT2D eigenvalue weighted by atomic mass is 9.59. The van der Waals surface area contributed by atoms with Crippen molar-refractivity contribution < 1.29 is 32.4 Å². The van der Waals surface area contributed by atoms with Crippen molar-refractivity contribution in [3.05, 3.63) is 142 Å². The highest BCUT2D eigenvalue weighted by molar-refractivity contribution is 7.90. The van der Waals surface area contributed by atoms with Crippen molar-refractivity contribution in [2.24, 2.45) is 11.3 Å². The Morgan fingerprint density at radius 3 is 2.48 bits per heavy atom. The highest BCUT2D eigenvalue weighted by Crippen LogP contribution is 2.54. The van der Waals surface area contributed by atoms with Gasteiger partial charge < -0.3 is 25.0 Å². The van der Waals surface area contributed by atoms with Crippen LogP contribution in [0.1, 0.15) is 111 Å². The fraction of sp³-hybridized carbons (Fsp3) is 0.436. The van der Waals surface area contributed by atoms with E-state index in [2.05, 4.69) is 80.3 Å².